The number of nitrogens with one attached hydrogen (secondary N) is 1. The molecule has 1 heterocycles. The molecule has 0 bridgehead atoms. The third kappa shape index (κ3) is 2.28. The molecule has 2 aromatic rings. The van der Waals surface area contributed by atoms with E-state index >= 15 is 0 Å². The van der Waals surface area contributed by atoms with Crippen LogP contribution in [-0.4, -0.2) is 19.2 Å². The van der Waals surface area contributed by atoms with Gasteiger partial charge in [-0.2, -0.15) is 0 Å². The number of hydrogen-bond donors (Lipinski definition) is 1. The van der Waals surface area contributed by atoms with Gasteiger partial charge in [0.05, 0.1) is 24.3 Å². The molecule has 2 rings (SSSR count). The Morgan fingerprint density at radius 1 is 1.29 bits per heavy atom. The van der Waals surface area contributed by atoms with E-state index in [2.05, 4.69) is 4.98 Å². The van der Waals surface area contributed by atoms with Crippen LogP contribution in [0.4, 0.5) is 0 Å². The molecule has 17 heavy (non-hydrogen) atoms. The van der Waals surface area contributed by atoms with Gasteiger partial charge < -0.3 is 14.5 Å². The largest absolute Gasteiger partial charge is 0.495 e. The van der Waals surface area contributed by atoms with E-state index in [-0.39, 0.29) is 5.43 Å². The smallest absolute Gasteiger partial charge is 0.189 e. The van der Waals surface area contributed by atoms with E-state index in [4.69, 9.17) is 21.1 Å². The van der Waals surface area contributed by atoms with Crippen LogP contribution in [0.2, 0.25) is 5.02 Å². The molecule has 0 fully saturated rings. The lowest BCUT2D eigenvalue weighted by Crippen LogP contribution is -2.06. The summed E-state index contributed by atoms with van der Waals surface area (Å²) in [4.78, 5) is 15.0. The van der Waals surface area contributed by atoms with Gasteiger partial charge in [-0.05, 0) is 6.07 Å². The van der Waals surface area contributed by atoms with Crippen molar-refractivity contribution < 1.29 is 9.47 Å². The summed E-state index contributed by atoms with van der Waals surface area (Å²) in [5, 5.41) is 0.959. The Kier molecular flexibility index (Phi) is 3.36. The molecule has 0 saturated heterocycles. The molecule has 0 unspecified atom stereocenters. The Hall–Kier alpha value is -1.52. The van der Waals surface area contributed by atoms with Crippen LogP contribution in [0.15, 0.2) is 23.0 Å². The van der Waals surface area contributed by atoms with Gasteiger partial charge in [0.2, 0.25) is 0 Å². The third-order valence-electron chi connectivity index (χ3n) is 2.46. The molecular weight excluding hydrogens is 242 g/mol. The zero-order valence-corrected chi connectivity index (χ0v) is 10.3. The van der Waals surface area contributed by atoms with E-state index in [1.807, 2.05) is 0 Å². The summed E-state index contributed by atoms with van der Waals surface area (Å²) in [5.41, 5.74) is 1.32. The summed E-state index contributed by atoms with van der Waals surface area (Å²) >= 11 is 5.97. The number of rotatable bonds is 3. The first-order chi connectivity index (χ1) is 8.15. The minimum atomic E-state index is -0.0876. The highest BCUT2D eigenvalue weighted by Crippen LogP contribution is 2.27. The minimum Gasteiger partial charge on any atom is -0.495 e. The second-order valence-corrected chi connectivity index (χ2v) is 4.03. The predicted octanol–water partition coefficient (Wildman–Crippen LogP) is 2.34. The van der Waals surface area contributed by atoms with Crippen molar-refractivity contribution >= 4 is 22.5 Å². The Morgan fingerprint density at radius 2 is 2.06 bits per heavy atom. The van der Waals surface area contributed by atoms with Crippen LogP contribution in [-0.2, 0) is 11.3 Å². The number of fused-ring (bicyclic) bond motifs is 1. The highest BCUT2D eigenvalue weighted by molar-refractivity contribution is 6.32. The van der Waals surface area contributed by atoms with Gasteiger partial charge in [0, 0.05) is 30.3 Å². The lowest BCUT2D eigenvalue weighted by Gasteiger charge is -2.07. The van der Waals surface area contributed by atoms with Crippen LogP contribution in [0, 0.1) is 0 Å². The average molecular weight is 254 g/mol. The van der Waals surface area contributed by atoms with Crippen molar-refractivity contribution in [3.63, 3.8) is 0 Å². The molecule has 1 N–H and O–H groups in total. The molecule has 4 nitrogen and oxygen atoms in total. The zero-order valence-electron chi connectivity index (χ0n) is 9.54. The van der Waals surface area contributed by atoms with Gasteiger partial charge in [0.15, 0.2) is 5.43 Å². The van der Waals surface area contributed by atoms with Crippen LogP contribution in [0.5, 0.6) is 5.75 Å². The van der Waals surface area contributed by atoms with Crippen molar-refractivity contribution in [1.29, 1.82) is 0 Å². The van der Waals surface area contributed by atoms with Gasteiger partial charge in [-0.1, -0.05) is 11.6 Å². The molecule has 5 heteroatoms. The van der Waals surface area contributed by atoms with Crippen molar-refractivity contribution in [2.75, 3.05) is 14.2 Å². The molecule has 0 radical (unpaired) electrons. The van der Waals surface area contributed by atoms with Crippen molar-refractivity contribution in [3.05, 3.63) is 39.1 Å². The monoisotopic (exact) mass is 253 g/mol. The Bertz CT molecular complexity index is 606. The molecular formula is C12H12ClNO3. The number of hydrogen-bond acceptors (Lipinski definition) is 3. The van der Waals surface area contributed by atoms with Crippen LogP contribution in [0.25, 0.3) is 10.9 Å². The quantitative estimate of drug-likeness (QED) is 0.913. The maximum Gasteiger partial charge on any atom is 0.189 e. The number of benzene rings is 1. The van der Waals surface area contributed by atoms with Gasteiger partial charge in [-0.15, -0.1) is 0 Å². The Balaban J connectivity index is 2.69. The fourth-order valence-electron chi connectivity index (χ4n) is 1.70. The first kappa shape index (κ1) is 12.0. The van der Waals surface area contributed by atoms with Crippen LogP contribution in [0.3, 0.4) is 0 Å². The number of pyridine rings is 1. The Morgan fingerprint density at radius 3 is 2.71 bits per heavy atom. The number of aromatic nitrogens is 1. The summed E-state index contributed by atoms with van der Waals surface area (Å²) in [6.07, 6.45) is 0. The van der Waals surface area contributed by atoms with E-state index in [0.29, 0.717) is 28.3 Å². The highest BCUT2D eigenvalue weighted by atomic mass is 35.5. The summed E-state index contributed by atoms with van der Waals surface area (Å²) in [6, 6.07) is 4.82. The highest BCUT2D eigenvalue weighted by Gasteiger charge is 2.07. The summed E-state index contributed by atoms with van der Waals surface area (Å²) in [5.74, 6) is 0.532. The minimum absolute atomic E-state index is 0.0876. The normalized spacial score (nSPS) is 10.8. The number of methoxy groups -OCH3 is 2. The fourth-order valence-corrected chi connectivity index (χ4v) is 1.94. The number of aromatic amines is 1. The number of halogens is 1. The number of ether oxygens (including phenoxy) is 2. The van der Waals surface area contributed by atoms with Gasteiger partial charge >= 0.3 is 0 Å². The molecule has 0 amide bonds. The summed E-state index contributed by atoms with van der Waals surface area (Å²) in [6.45, 7) is 0.357. The first-order valence-corrected chi connectivity index (χ1v) is 5.42. The first-order valence-electron chi connectivity index (χ1n) is 5.04. The van der Waals surface area contributed by atoms with Crippen molar-refractivity contribution in [1.82, 2.24) is 4.98 Å². The average Bonchev–Trinajstić information content (AvgIpc) is 2.30. The maximum absolute atomic E-state index is 11.9. The van der Waals surface area contributed by atoms with Crippen LogP contribution in [0.1, 0.15) is 5.69 Å². The Labute approximate surface area is 103 Å². The molecule has 0 aliphatic heterocycles. The van der Waals surface area contributed by atoms with Crippen molar-refractivity contribution in [2.45, 2.75) is 6.61 Å². The van der Waals surface area contributed by atoms with Crippen molar-refractivity contribution in [3.8, 4) is 5.75 Å². The van der Waals surface area contributed by atoms with E-state index in [1.54, 1.807) is 19.2 Å². The molecule has 90 valence electrons. The van der Waals surface area contributed by atoms with Crippen LogP contribution >= 0.6 is 11.6 Å². The van der Waals surface area contributed by atoms with E-state index < -0.39 is 0 Å². The van der Waals surface area contributed by atoms with E-state index in [0.717, 1.165) is 5.69 Å². The van der Waals surface area contributed by atoms with Gasteiger partial charge in [0.25, 0.3) is 0 Å². The molecule has 1 aromatic heterocycles. The zero-order chi connectivity index (χ0) is 12.4. The molecule has 0 saturated carbocycles. The standard InChI is InChI=1S/C12H12ClNO3/c1-16-6-7-3-11(15)8-4-9(13)12(17-2)5-10(8)14-7/h3-5H,6H2,1-2H3,(H,14,15). The summed E-state index contributed by atoms with van der Waals surface area (Å²) in [7, 11) is 3.11. The van der Waals surface area contributed by atoms with Gasteiger partial charge in [-0.3, -0.25) is 4.79 Å². The van der Waals surface area contributed by atoms with Gasteiger partial charge in [0.1, 0.15) is 5.75 Å². The second kappa shape index (κ2) is 4.77. The molecule has 0 spiro atoms. The number of H-pyrrole nitrogens is 1. The molecule has 0 aliphatic carbocycles. The lowest BCUT2D eigenvalue weighted by molar-refractivity contribution is 0.181. The SMILES string of the molecule is COCc1cc(=O)c2cc(Cl)c(OC)cc2[nH]1. The summed E-state index contributed by atoms with van der Waals surface area (Å²) < 4.78 is 10.1. The van der Waals surface area contributed by atoms with Gasteiger partial charge in [-0.25, -0.2) is 0 Å². The maximum atomic E-state index is 11.9. The molecule has 0 aliphatic rings. The lowest BCUT2D eigenvalue weighted by atomic mass is 10.2. The fraction of sp³-hybridized carbons (Fsp3) is 0.250. The second-order valence-electron chi connectivity index (χ2n) is 3.62. The molecule has 0 atom stereocenters. The predicted molar refractivity (Wildman–Crippen MR) is 66.8 cm³/mol. The van der Waals surface area contributed by atoms with Crippen molar-refractivity contribution in [2.24, 2.45) is 0 Å². The topological polar surface area (TPSA) is 51.3 Å². The van der Waals surface area contributed by atoms with Crippen LogP contribution < -0.4 is 10.2 Å². The third-order valence-corrected chi connectivity index (χ3v) is 2.75. The van der Waals surface area contributed by atoms with E-state index in [1.165, 1.54) is 13.2 Å². The van der Waals surface area contributed by atoms with E-state index in [9.17, 15) is 4.79 Å². The molecule has 1 aromatic carbocycles.